The van der Waals surface area contributed by atoms with E-state index in [1.807, 2.05) is 12.1 Å². The molecule has 0 aliphatic rings. The number of hydrogen-bond donors (Lipinski definition) is 1. The Labute approximate surface area is 115 Å². The average Bonchev–Trinajstić information content (AvgIpc) is 2.89. The summed E-state index contributed by atoms with van der Waals surface area (Å²) in [6.07, 6.45) is 6.67. The van der Waals surface area contributed by atoms with Gasteiger partial charge in [-0.05, 0) is 12.1 Å². The van der Waals surface area contributed by atoms with Crippen molar-refractivity contribution in [2.45, 2.75) is 0 Å². The van der Waals surface area contributed by atoms with Gasteiger partial charge in [-0.2, -0.15) is 0 Å². The first-order valence-corrected chi connectivity index (χ1v) is 5.95. The van der Waals surface area contributed by atoms with E-state index >= 15 is 0 Å². The van der Waals surface area contributed by atoms with Crippen molar-refractivity contribution in [3.8, 4) is 28.2 Å². The van der Waals surface area contributed by atoms with Crippen LogP contribution in [0.3, 0.4) is 0 Å². The first-order valence-electron chi connectivity index (χ1n) is 5.95. The second-order valence-electron chi connectivity index (χ2n) is 4.09. The number of nitrogens with zero attached hydrogens (tertiary/aromatic N) is 3. The molecule has 0 atom stereocenters. The van der Waals surface area contributed by atoms with Crippen LogP contribution in [0.5, 0.6) is 5.75 Å². The van der Waals surface area contributed by atoms with E-state index in [-0.39, 0.29) is 0 Å². The maximum absolute atomic E-state index is 5.91. The molecular weight excluding hydrogens is 256 g/mol. The molecule has 0 amide bonds. The van der Waals surface area contributed by atoms with Crippen molar-refractivity contribution in [2.75, 3.05) is 12.8 Å². The largest absolute Gasteiger partial charge is 0.494 e. The topological polar surface area (TPSA) is 87.1 Å². The van der Waals surface area contributed by atoms with Crippen LogP contribution in [0.2, 0.25) is 0 Å². The molecule has 3 heterocycles. The van der Waals surface area contributed by atoms with Crippen LogP contribution in [0.1, 0.15) is 0 Å². The van der Waals surface area contributed by atoms with Gasteiger partial charge in [0.1, 0.15) is 5.75 Å². The lowest BCUT2D eigenvalue weighted by atomic mass is 10.0. The third-order valence-corrected chi connectivity index (χ3v) is 2.92. The van der Waals surface area contributed by atoms with Gasteiger partial charge in [0.25, 0.3) is 0 Å². The highest BCUT2D eigenvalue weighted by Gasteiger charge is 2.20. The van der Waals surface area contributed by atoms with Crippen molar-refractivity contribution in [2.24, 2.45) is 0 Å². The Hall–Kier alpha value is -2.89. The van der Waals surface area contributed by atoms with Gasteiger partial charge in [0.15, 0.2) is 11.6 Å². The zero-order valence-corrected chi connectivity index (χ0v) is 10.8. The van der Waals surface area contributed by atoms with E-state index in [1.165, 1.54) is 0 Å². The summed E-state index contributed by atoms with van der Waals surface area (Å²) in [6.45, 7) is 0. The summed E-state index contributed by atoms with van der Waals surface area (Å²) in [6, 6.07) is 5.51. The van der Waals surface area contributed by atoms with Crippen molar-refractivity contribution >= 4 is 5.82 Å². The van der Waals surface area contributed by atoms with Crippen LogP contribution in [0.15, 0.2) is 47.5 Å². The average molecular weight is 268 g/mol. The van der Waals surface area contributed by atoms with Gasteiger partial charge >= 0.3 is 0 Å². The summed E-state index contributed by atoms with van der Waals surface area (Å²) in [4.78, 5) is 8.11. The molecule has 100 valence electrons. The summed E-state index contributed by atoms with van der Waals surface area (Å²) >= 11 is 0. The van der Waals surface area contributed by atoms with Crippen molar-refractivity contribution in [3.63, 3.8) is 0 Å². The molecule has 20 heavy (non-hydrogen) atoms. The third kappa shape index (κ3) is 1.97. The smallest absolute Gasteiger partial charge is 0.180 e. The minimum atomic E-state index is 0.312. The standard InChI is InChI=1S/C14H12N4O2/c1-19-11-8-17-6-4-10(11)13-12(14(15)18-20-13)9-3-2-5-16-7-9/h2-8H,1H3,(H2,15,18). The number of methoxy groups -OCH3 is 1. The normalized spacial score (nSPS) is 10.4. The Morgan fingerprint density at radius 3 is 2.75 bits per heavy atom. The first kappa shape index (κ1) is 12.2. The molecule has 6 heteroatoms. The van der Waals surface area contributed by atoms with E-state index in [9.17, 15) is 0 Å². The number of anilines is 1. The number of aromatic nitrogens is 3. The Bertz CT molecular complexity index is 725. The highest BCUT2D eigenvalue weighted by Crippen LogP contribution is 2.39. The van der Waals surface area contributed by atoms with Crippen LogP contribution >= 0.6 is 0 Å². The lowest BCUT2D eigenvalue weighted by Crippen LogP contribution is -1.91. The van der Waals surface area contributed by atoms with Gasteiger partial charge in [-0.1, -0.05) is 11.2 Å². The van der Waals surface area contributed by atoms with Crippen LogP contribution in [0.25, 0.3) is 22.5 Å². The fourth-order valence-corrected chi connectivity index (χ4v) is 2.01. The summed E-state index contributed by atoms with van der Waals surface area (Å²) in [5, 5.41) is 3.84. The number of hydrogen-bond acceptors (Lipinski definition) is 6. The van der Waals surface area contributed by atoms with Crippen LogP contribution in [0, 0.1) is 0 Å². The summed E-state index contributed by atoms with van der Waals surface area (Å²) in [5.41, 5.74) is 8.18. The summed E-state index contributed by atoms with van der Waals surface area (Å²) < 4.78 is 10.7. The van der Waals surface area contributed by atoms with Crippen molar-refractivity contribution in [1.29, 1.82) is 0 Å². The molecule has 0 aromatic carbocycles. The molecule has 0 unspecified atom stereocenters. The van der Waals surface area contributed by atoms with Crippen LogP contribution < -0.4 is 10.5 Å². The Kier molecular flexibility index (Phi) is 3.04. The Balaban J connectivity index is 2.22. The van der Waals surface area contributed by atoms with Gasteiger partial charge in [-0.15, -0.1) is 0 Å². The maximum atomic E-state index is 5.91. The molecule has 3 rings (SSSR count). The molecule has 0 aliphatic carbocycles. The summed E-state index contributed by atoms with van der Waals surface area (Å²) in [5.74, 6) is 1.44. The van der Waals surface area contributed by atoms with Crippen LogP contribution in [-0.2, 0) is 0 Å². The van der Waals surface area contributed by atoms with Crippen LogP contribution in [-0.4, -0.2) is 22.2 Å². The number of pyridine rings is 2. The van der Waals surface area contributed by atoms with Crippen molar-refractivity contribution in [3.05, 3.63) is 43.0 Å². The monoisotopic (exact) mass is 268 g/mol. The Morgan fingerprint density at radius 2 is 2.00 bits per heavy atom. The molecule has 3 aromatic rings. The molecule has 0 aliphatic heterocycles. The molecule has 0 radical (unpaired) electrons. The second-order valence-corrected chi connectivity index (χ2v) is 4.09. The minimum absolute atomic E-state index is 0.312. The number of rotatable bonds is 3. The summed E-state index contributed by atoms with van der Waals surface area (Å²) in [7, 11) is 1.57. The number of nitrogens with two attached hydrogens (primary N) is 1. The van der Waals surface area contributed by atoms with E-state index in [0.29, 0.717) is 22.9 Å². The molecule has 0 saturated carbocycles. The first-order chi connectivity index (χ1) is 9.81. The van der Waals surface area contributed by atoms with Gasteiger partial charge in [-0.25, -0.2) is 0 Å². The van der Waals surface area contributed by atoms with Gasteiger partial charge in [0, 0.05) is 24.2 Å². The Morgan fingerprint density at radius 1 is 1.15 bits per heavy atom. The molecule has 3 aromatic heterocycles. The molecule has 0 saturated heterocycles. The van der Waals surface area contributed by atoms with Crippen LogP contribution in [0.4, 0.5) is 5.82 Å². The van der Waals surface area contributed by atoms with Crippen molar-refractivity contribution < 1.29 is 9.26 Å². The maximum Gasteiger partial charge on any atom is 0.180 e. The number of ether oxygens (including phenoxy) is 1. The zero-order valence-electron chi connectivity index (χ0n) is 10.8. The lowest BCUT2D eigenvalue weighted by Gasteiger charge is -2.06. The van der Waals surface area contributed by atoms with E-state index < -0.39 is 0 Å². The molecule has 2 N–H and O–H groups in total. The third-order valence-electron chi connectivity index (χ3n) is 2.92. The van der Waals surface area contributed by atoms with Gasteiger partial charge < -0.3 is 15.0 Å². The highest BCUT2D eigenvalue weighted by atomic mass is 16.5. The van der Waals surface area contributed by atoms with Gasteiger partial charge in [0.2, 0.25) is 0 Å². The molecule has 0 fully saturated rings. The lowest BCUT2D eigenvalue weighted by molar-refractivity contribution is 0.405. The predicted molar refractivity (Wildman–Crippen MR) is 73.9 cm³/mol. The molecule has 0 bridgehead atoms. The van der Waals surface area contributed by atoms with E-state index in [1.54, 1.807) is 38.0 Å². The molecular formula is C14H12N4O2. The van der Waals surface area contributed by atoms with Gasteiger partial charge in [-0.3, -0.25) is 9.97 Å². The van der Waals surface area contributed by atoms with E-state index in [2.05, 4.69) is 15.1 Å². The SMILES string of the molecule is COc1cnccc1-c1onc(N)c1-c1cccnc1. The minimum Gasteiger partial charge on any atom is -0.494 e. The highest BCUT2D eigenvalue weighted by molar-refractivity contribution is 5.87. The van der Waals surface area contributed by atoms with Gasteiger partial charge in [0.05, 0.1) is 24.4 Å². The van der Waals surface area contributed by atoms with E-state index in [0.717, 1.165) is 11.1 Å². The molecule has 0 spiro atoms. The zero-order chi connectivity index (χ0) is 13.9. The van der Waals surface area contributed by atoms with E-state index in [4.69, 9.17) is 15.0 Å². The fourth-order valence-electron chi connectivity index (χ4n) is 2.01. The predicted octanol–water partition coefficient (Wildman–Crippen LogP) is 2.39. The number of nitrogen functional groups attached to an aromatic ring is 1. The second kappa shape index (κ2) is 5.00. The van der Waals surface area contributed by atoms with Crippen molar-refractivity contribution in [1.82, 2.24) is 15.1 Å². The quantitative estimate of drug-likeness (QED) is 0.784. The fraction of sp³-hybridized carbons (Fsp3) is 0.0714. The molecule has 6 nitrogen and oxygen atoms in total.